The van der Waals surface area contributed by atoms with Gasteiger partial charge in [0.05, 0.1) is 6.61 Å². The maximum absolute atomic E-state index is 13.9. The third kappa shape index (κ3) is 10.6. The van der Waals surface area contributed by atoms with E-state index in [1.165, 1.54) is 4.90 Å². The summed E-state index contributed by atoms with van der Waals surface area (Å²) in [5, 5.41) is 15.6. The second-order valence-corrected chi connectivity index (χ2v) is 10.8. The minimum atomic E-state index is -0.954. The molecule has 0 fully saturated rings. The number of ether oxygens (including phenoxy) is 1. The third-order valence-corrected chi connectivity index (χ3v) is 5.69. The standard InChI is InChI=1S/C28H47N3O5/c1-9-11-20(5)29-25(33)24(22-14-12-21(10-2)13-15-22)31(16-17-32)26(34)23(18-19(3)4)30-27(35)36-28(6,7)8/h12-15,19-20,23-24,32H,9-11,16-18H2,1-8H3,(H,29,33)(H,30,35). The van der Waals surface area contributed by atoms with E-state index in [-0.39, 0.29) is 31.0 Å². The van der Waals surface area contributed by atoms with Gasteiger partial charge in [0.1, 0.15) is 17.7 Å². The van der Waals surface area contributed by atoms with Gasteiger partial charge in [0.2, 0.25) is 11.8 Å². The Morgan fingerprint density at radius 3 is 2.11 bits per heavy atom. The van der Waals surface area contributed by atoms with Gasteiger partial charge in [0.15, 0.2) is 0 Å². The molecule has 0 radical (unpaired) electrons. The number of aliphatic hydroxyl groups is 1. The maximum Gasteiger partial charge on any atom is 0.408 e. The Balaban J connectivity index is 3.43. The topological polar surface area (TPSA) is 108 Å². The molecule has 0 saturated heterocycles. The molecule has 8 heteroatoms. The second kappa shape index (κ2) is 14.8. The highest BCUT2D eigenvalue weighted by molar-refractivity contribution is 5.92. The highest BCUT2D eigenvalue weighted by atomic mass is 16.6. The smallest absolute Gasteiger partial charge is 0.408 e. The van der Waals surface area contributed by atoms with E-state index in [1.807, 2.05) is 58.9 Å². The molecule has 204 valence electrons. The van der Waals surface area contributed by atoms with Crippen molar-refractivity contribution in [3.8, 4) is 0 Å². The second-order valence-electron chi connectivity index (χ2n) is 10.8. The van der Waals surface area contributed by atoms with E-state index in [0.717, 1.165) is 24.8 Å². The zero-order valence-electron chi connectivity index (χ0n) is 23.4. The molecule has 3 amide bonds. The molecule has 0 aliphatic heterocycles. The van der Waals surface area contributed by atoms with Crippen LogP contribution in [0.4, 0.5) is 4.79 Å². The van der Waals surface area contributed by atoms with Crippen molar-refractivity contribution in [1.29, 1.82) is 0 Å². The van der Waals surface area contributed by atoms with Crippen LogP contribution >= 0.6 is 0 Å². The molecule has 0 bridgehead atoms. The number of benzene rings is 1. The van der Waals surface area contributed by atoms with E-state index in [4.69, 9.17) is 4.74 Å². The largest absolute Gasteiger partial charge is 0.444 e. The Morgan fingerprint density at radius 2 is 1.64 bits per heavy atom. The first-order chi connectivity index (χ1) is 16.8. The number of carbonyl (C=O) groups is 3. The Kier molecular flexibility index (Phi) is 12.9. The Bertz CT molecular complexity index is 833. The summed E-state index contributed by atoms with van der Waals surface area (Å²) in [6, 6.07) is 5.65. The predicted octanol–water partition coefficient (Wildman–Crippen LogP) is 4.36. The van der Waals surface area contributed by atoms with E-state index in [1.54, 1.807) is 20.8 Å². The summed E-state index contributed by atoms with van der Waals surface area (Å²) in [6.45, 7) is 14.8. The maximum atomic E-state index is 13.9. The van der Waals surface area contributed by atoms with Gasteiger partial charge in [-0.1, -0.05) is 58.4 Å². The Hall–Kier alpha value is -2.61. The number of alkyl carbamates (subject to hydrolysis) is 1. The fourth-order valence-corrected chi connectivity index (χ4v) is 4.05. The lowest BCUT2D eigenvalue weighted by atomic mass is 9.98. The van der Waals surface area contributed by atoms with Crippen LogP contribution in [0.2, 0.25) is 0 Å². The van der Waals surface area contributed by atoms with E-state index in [9.17, 15) is 19.5 Å². The zero-order chi connectivity index (χ0) is 27.5. The average Bonchev–Trinajstić information content (AvgIpc) is 2.76. The van der Waals surface area contributed by atoms with Crippen molar-refractivity contribution < 1.29 is 24.2 Å². The van der Waals surface area contributed by atoms with Crippen molar-refractivity contribution in [2.45, 2.75) is 105 Å². The van der Waals surface area contributed by atoms with Crippen LogP contribution in [-0.2, 0) is 20.7 Å². The van der Waals surface area contributed by atoms with Gasteiger partial charge in [0, 0.05) is 12.6 Å². The normalized spacial score (nSPS) is 14.1. The van der Waals surface area contributed by atoms with Gasteiger partial charge >= 0.3 is 6.09 Å². The van der Waals surface area contributed by atoms with E-state index >= 15 is 0 Å². The number of aliphatic hydroxyl groups excluding tert-OH is 1. The van der Waals surface area contributed by atoms with Crippen molar-refractivity contribution in [3.05, 3.63) is 35.4 Å². The zero-order valence-corrected chi connectivity index (χ0v) is 23.4. The van der Waals surface area contributed by atoms with Crippen molar-refractivity contribution in [1.82, 2.24) is 15.5 Å². The monoisotopic (exact) mass is 505 g/mol. The fourth-order valence-electron chi connectivity index (χ4n) is 4.05. The Labute approximate surface area is 217 Å². The minimum absolute atomic E-state index is 0.0563. The molecule has 8 nitrogen and oxygen atoms in total. The first-order valence-corrected chi connectivity index (χ1v) is 13.1. The lowest BCUT2D eigenvalue weighted by Crippen LogP contribution is -2.54. The molecule has 1 aromatic carbocycles. The lowest BCUT2D eigenvalue weighted by Gasteiger charge is -2.35. The molecule has 0 heterocycles. The first-order valence-electron chi connectivity index (χ1n) is 13.1. The predicted molar refractivity (Wildman–Crippen MR) is 142 cm³/mol. The van der Waals surface area contributed by atoms with Gasteiger partial charge in [-0.2, -0.15) is 0 Å². The molecule has 3 unspecified atom stereocenters. The third-order valence-electron chi connectivity index (χ3n) is 5.69. The molecule has 36 heavy (non-hydrogen) atoms. The van der Waals surface area contributed by atoms with Crippen LogP contribution < -0.4 is 10.6 Å². The van der Waals surface area contributed by atoms with Gasteiger partial charge in [-0.25, -0.2) is 4.79 Å². The minimum Gasteiger partial charge on any atom is -0.444 e. The molecular formula is C28H47N3O5. The number of rotatable bonds is 13. The van der Waals surface area contributed by atoms with Crippen molar-refractivity contribution in [3.63, 3.8) is 0 Å². The summed E-state index contributed by atoms with van der Waals surface area (Å²) in [6.07, 6.45) is 2.22. The van der Waals surface area contributed by atoms with Crippen molar-refractivity contribution in [2.24, 2.45) is 5.92 Å². The summed E-state index contributed by atoms with van der Waals surface area (Å²) >= 11 is 0. The Morgan fingerprint density at radius 1 is 1.03 bits per heavy atom. The molecule has 0 spiro atoms. The van der Waals surface area contributed by atoms with Crippen LogP contribution in [0.25, 0.3) is 0 Å². The molecule has 0 aromatic heterocycles. The van der Waals surface area contributed by atoms with Crippen LogP contribution in [0, 0.1) is 5.92 Å². The van der Waals surface area contributed by atoms with Gasteiger partial charge in [-0.15, -0.1) is 0 Å². The van der Waals surface area contributed by atoms with Gasteiger partial charge in [-0.05, 0) is 64.0 Å². The average molecular weight is 506 g/mol. The fraction of sp³-hybridized carbons (Fsp3) is 0.679. The van der Waals surface area contributed by atoms with Crippen LogP contribution in [0.15, 0.2) is 24.3 Å². The van der Waals surface area contributed by atoms with Crippen molar-refractivity contribution >= 4 is 17.9 Å². The molecule has 1 aromatic rings. The number of carbonyl (C=O) groups excluding carboxylic acids is 3. The number of aryl methyl sites for hydroxylation is 1. The number of hydrogen-bond acceptors (Lipinski definition) is 5. The van der Waals surface area contributed by atoms with Crippen LogP contribution in [0.3, 0.4) is 0 Å². The van der Waals surface area contributed by atoms with E-state index in [2.05, 4.69) is 10.6 Å². The number of amides is 3. The number of nitrogens with one attached hydrogen (secondary N) is 2. The SMILES string of the molecule is CCCC(C)NC(=O)C(c1ccc(CC)cc1)N(CCO)C(=O)C(CC(C)C)NC(=O)OC(C)(C)C. The molecule has 0 saturated carbocycles. The van der Waals surface area contributed by atoms with E-state index < -0.39 is 29.7 Å². The van der Waals surface area contributed by atoms with Gasteiger partial charge in [-0.3, -0.25) is 9.59 Å². The summed E-state index contributed by atoms with van der Waals surface area (Å²) in [4.78, 5) is 41.4. The number of nitrogens with zero attached hydrogens (tertiary/aromatic N) is 1. The summed E-state index contributed by atoms with van der Waals surface area (Å²) in [5.74, 6) is -0.667. The summed E-state index contributed by atoms with van der Waals surface area (Å²) < 4.78 is 5.39. The molecule has 3 N–H and O–H groups in total. The van der Waals surface area contributed by atoms with E-state index in [0.29, 0.717) is 12.0 Å². The van der Waals surface area contributed by atoms with Gasteiger partial charge in [0.25, 0.3) is 0 Å². The van der Waals surface area contributed by atoms with Crippen LogP contribution in [0.1, 0.15) is 91.8 Å². The number of hydrogen-bond donors (Lipinski definition) is 3. The highest BCUT2D eigenvalue weighted by Gasteiger charge is 2.36. The van der Waals surface area contributed by atoms with Crippen LogP contribution in [-0.4, -0.2) is 58.8 Å². The molecule has 3 atom stereocenters. The quantitative estimate of drug-likeness (QED) is 0.369. The molecule has 0 aliphatic carbocycles. The molecular weight excluding hydrogens is 458 g/mol. The van der Waals surface area contributed by atoms with Crippen molar-refractivity contribution in [2.75, 3.05) is 13.2 Å². The van der Waals surface area contributed by atoms with Crippen LogP contribution in [0.5, 0.6) is 0 Å². The highest BCUT2D eigenvalue weighted by Crippen LogP contribution is 2.25. The van der Waals surface area contributed by atoms with Gasteiger partial charge < -0.3 is 25.4 Å². The molecule has 0 aliphatic rings. The first kappa shape index (κ1) is 31.4. The summed E-state index contributed by atoms with van der Waals surface area (Å²) in [7, 11) is 0. The lowest BCUT2D eigenvalue weighted by molar-refractivity contribution is -0.143. The summed E-state index contributed by atoms with van der Waals surface area (Å²) in [5.41, 5.74) is 1.04. The molecule has 1 rings (SSSR count).